The van der Waals surface area contributed by atoms with Gasteiger partial charge in [-0.25, -0.2) is 9.67 Å². The van der Waals surface area contributed by atoms with E-state index < -0.39 is 0 Å². The summed E-state index contributed by atoms with van der Waals surface area (Å²) in [5.41, 5.74) is 2.71. The number of pyridine rings is 1. The number of carbonyl (C=O) groups is 1. The molecule has 144 valence electrons. The maximum absolute atomic E-state index is 12.7. The molecule has 6 nitrogen and oxygen atoms in total. The van der Waals surface area contributed by atoms with Crippen molar-refractivity contribution in [2.75, 3.05) is 5.32 Å². The third kappa shape index (κ3) is 4.28. The van der Waals surface area contributed by atoms with E-state index in [9.17, 15) is 4.79 Å². The van der Waals surface area contributed by atoms with Crippen LogP contribution < -0.4 is 10.1 Å². The molecule has 2 aromatic heterocycles. The average Bonchev–Trinajstić information content (AvgIpc) is 3.13. The van der Waals surface area contributed by atoms with Gasteiger partial charge in [-0.2, -0.15) is 5.10 Å². The van der Waals surface area contributed by atoms with Gasteiger partial charge < -0.3 is 10.1 Å². The maximum atomic E-state index is 12.7. The first-order valence-corrected chi connectivity index (χ1v) is 9.29. The third-order valence-electron chi connectivity index (χ3n) is 4.29. The highest BCUT2D eigenvalue weighted by Crippen LogP contribution is 2.23. The predicted octanol–water partition coefficient (Wildman–Crippen LogP) is 5.27. The minimum atomic E-state index is -0.252. The van der Waals surface area contributed by atoms with Crippen molar-refractivity contribution in [3.8, 4) is 17.3 Å². The molecule has 1 amide bonds. The molecule has 29 heavy (non-hydrogen) atoms. The highest BCUT2D eigenvalue weighted by molar-refractivity contribution is 6.30. The van der Waals surface area contributed by atoms with Gasteiger partial charge in [0, 0.05) is 11.1 Å². The fraction of sp³-hybridized carbons (Fsp3) is 0.0455. The minimum Gasteiger partial charge on any atom is -0.439 e. The lowest BCUT2D eigenvalue weighted by atomic mass is 10.2. The van der Waals surface area contributed by atoms with Crippen molar-refractivity contribution < 1.29 is 9.53 Å². The Morgan fingerprint density at radius 2 is 1.76 bits per heavy atom. The van der Waals surface area contributed by atoms with Gasteiger partial charge in [-0.15, -0.1) is 0 Å². The van der Waals surface area contributed by atoms with Crippen LogP contribution in [0.3, 0.4) is 0 Å². The summed E-state index contributed by atoms with van der Waals surface area (Å²) in [6.45, 7) is 1.86. The van der Waals surface area contributed by atoms with Gasteiger partial charge in [0.05, 0.1) is 35.0 Å². The summed E-state index contributed by atoms with van der Waals surface area (Å²) in [4.78, 5) is 16.9. The van der Waals surface area contributed by atoms with Crippen LogP contribution in [-0.2, 0) is 0 Å². The number of nitrogens with one attached hydrogen (secondary N) is 1. The van der Waals surface area contributed by atoms with E-state index in [0.29, 0.717) is 27.9 Å². The average molecular weight is 405 g/mol. The van der Waals surface area contributed by atoms with Crippen molar-refractivity contribution in [1.82, 2.24) is 14.8 Å². The van der Waals surface area contributed by atoms with E-state index in [1.807, 2.05) is 37.3 Å². The number of carbonyl (C=O) groups excluding carboxylic acids is 1. The molecule has 0 aliphatic heterocycles. The molecule has 0 fully saturated rings. The molecule has 7 heteroatoms. The molecule has 0 aliphatic carbocycles. The Morgan fingerprint density at radius 3 is 2.45 bits per heavy atom. The Kier molecular flexibility index (Phi) is 5.27. The van der Waals surface area contributed by atoms with Gasteiger partial charge in [0.2, 0.25) is 5.88 Å². The quantitative estimate of drug-likeness (QED) is 0.491. The van der Waals surface area contributed by atoms with Gasteiger partial charge in [-0.05, 0) is 49.4 Å². The van der Waals surface area contributed by atoms with Gasteiger partial charge in [0.25, 0.3) is 5.91 Å². The molecule has 4 rings (SSSR count). The molecule has 0 unspecified atom stereocenters. The molecule has 0 bridgehead atoms. The van der Waals surface area contributed by atoms with E-state index >= 15 is 0 Å². The van der Waals surface area contributed by atoms with Crippen LogP contribution in [0.4, 0.5) is 5.69 Å². The van der Waals surface area contributed by atoms with Gasteiger partial charge in [-0.1, -0.05) is 29.8 Å². The first kappa shape index (κ1) is 18.7. The highest BCUT2D eigenvalue weighted by Gasteiger charge is 2.15. The summed E-state index contributed by atoms with van der Waals surface area (Å²) in [6.07, 6.45) is 3.10. The summed E-state index contributed by atoms with van der Waals surface area (Å²) >= 11 is 5.86. The number of anilines is 1. The first-order valence-electron chi connectivity index (χ1n) is 8.91. The van der Waals surface area contributed by atoms with Crippen molar-refractivity contribution in [3.63, 3.8) is 0 Å². The molecule has 0 atom stereocenters. The van der Waals surface area contributed by atoms with Crippen molar-refractivity contribution in [2.24, 2.45) is 0 Å². The molecule has 0 saturated heterocycles. The molecule has 0 aliphatic rings. The number of hydrogen-bond donors (Lipinski definition) is 1. The minimum absolute atomic E-state index is 0.252. The number of ether oxygens (including phenoxy) is 1. The Bertz CT molecular complexity index is 1120. The summed E-state index contributed by atoms with van der Waals surface area (Å²) in [6, 6.07) is 20.1. The number of benzene rings is 2. The van der Waals surface area contributed by atoms with Crippen LogP contribution in [0.1, 0.15) is 16.1 Å². The number of amides is 1. The molecule has 1 N–H and O–H groups in total. The summed E-state index contributed by atoms with van der Waals surface area (Å²) in [5, 5.41) is 7.79. The van der Waals surface area contributed by atoms with E-state index in [2.05, 4.69) is 15.4 Å². The van der Waals surface area contributed by atoms with Crippen molar-refractivity contribution in [3.05, 3.63) is 95.4 Å². The van der Waals surface area contributed by atoms with Gasteiger partial charge >= 0.3 is 0 Å². The maximum Gasteiger partial charge on any atom is 0.259 e. The second kappa shape index (κ2) is 8.16. The summed E-state index contributed by atoms with van der Waals surface area (Å²) < 4.78 is 7.39. The molecule has 2 aromatic carbocycles. The Labute approximate surface area is 172 Å². The first-order chi connectivity index (χ1) is 14.1. The van der Waals surface area contributed by atoms with Gasteiger partial charge in [0.15, 0.2) is 0 Å². The zero-order valence-corrected chi connectivity index (χ0v) is 16.3. The number of aromatic nitrogens is 3. The molecule has 0 saturated carbocycles. The zero-order chi connectivity index (χ0) is 20.2. The van der Waals surface area contributed by atoms with Crippen LogP contribution in [0.2, 0.25) is 5.02 Å². The zero-order valence-electron chi connectivity index (χ0n) is 15.5. The number of rotatable bonds is 5. The van der Waals surface area contributed by atoms with Crippen LogP contribution in [-0.4, -0.2) is 20.7 Å². The van der Waals surface area contributed by atoms with E-state index in [-0.39, 0.29) is 5.91 Å². The molecular formula is C22H17ClN4O2. The topological polar surface area (TPSA) is 69.0 Å². The van der Waals surface area contributed by atoms with Gasteiger partial charge in [-0.3, -0.25) is 4.79 Å². The number of hydrogen-bond acceptors (Lipinski definition) is 4. The number of para-hydroxylation sites is 1. The Balaban J connectivity index is 1.45. The number of nitrogens with zero attached hydrogens (tertiary/aromatic N) is 3. The largest absolute Gasteiger partial charge is 0.439 e. The van der Waals surface area contributed by atoms with Crippen LogP contribution in [0.15, 0.2) is 79.1 Å². The molecule has 2 heterocycles. The van der Waals surface area contributed by atoms with E-state index in [4.69, 9.17) is 16.3 Å². The lowest BCUT2D eigenvalue weighted by Gasteiger charge is -2.08. The van der Waals surface area contributed by atoms with Crippen molar-refractivity contribution in [1.29, 1.82) is 0 Å². The van der Waals surface area contributed by atoms with E-state index in [1.165, 1.54) is 0 Å². The molecule has 4 aromatic rings. The standard InChI is InChI=1S/C22H17ClN4O2/c1-15-20(14-25-27(15)18-5-3-2-4-6-18)22(28)26-17-9-12-21(24-13-17)29-19-10-7-16(23)8-11-19/h2-14H,1H3,(H,26,28). The molecule has 0 radical (unpaired) electrons. The van der Waals surface area contributed by atoms with Crippen LogP contribution in [0, 0.1) is 6.92 Å². The predicted molar refractivity (Wildman–Crippen MR) is 112 cm³/mol. The fourth-order valence-electron chi connectivity index (χ4n) is 2.80. The lowest BCUT2D eigenvalue weighted by molar-refractivity contribution is 0.102. The monoisotopic (exact) mass is 404 g/mol. The van der Waals surface area contributed by atoms with Gasteiger partial charge in [0.1, 0.15) is 5.75 Å². The Morgan fingerprint density at radius 1 is 1.00 bits per heavy atom. The third-order valence-corrected chi connectivity index (χ3v) is 4.54. The van der Waals surface area contributed by atoms with Crippen LogP contribution in [0.5, 0.6) is 11.6 Å². The second-order valence-electron chi connectivity index (χ2n) is 6.29. The second-order valence-corrected chi connectivity index (χ2v) is 6.72. The van der Waals surface area contributed by atoms with Crippen LogP contribution in [0.25, 0.3) is 5.69 Å². The lowest BCUT2D eigenvalue weighted by Crippen LogP contribution is -2.13. The number of halogens is 1. The summed E-state index contributed by atoms with van der Waals surface area (Å²) in [5.74, 6) is 0.791. The Hall–Kier alpha value is -3.64. The summed E-state index contributed by atoms with van der Waals surface area (Å²) in [7, 11) is 0. The smallest absolute Gasteiger partial charge is 0.259 e. The van der Waals surface area contributed by atoms with E-state index in [0.717, 1.165) is 11.4 Å². The fourth-order valence-corrected chi connectivity index (χ4v) is 2.92. The molecule has 0 spiro atoms. The van der Waals surface area contributed by atoms with E-state index in [1.54, 1.807) is 53.5 Å². The SMILES string of the molecule is Cc1c(C(=O)Nc2ccc(Oc3ccc(Cl)cc3)nc2)cnn1-c1ccccc1. The van der Waals surface area contributed by atoms with Crippen molar-refractivity contribution >= 4 is 23.2 Å². The normalized spacial score (nSPS) is 10.6. The highest BCUT2D eigenvalue weighted by atomic mass is 35.5. The molecular weight excluding hydrogens is 388 g/mol. The van der Waals surface area contributed by atoms with Crippen LogP contribution >= 0.6 is 11.6 Å². The van der Waals surface area contributed by atoms with Crippen molar-refractivity contribution in [2.45, 2.75) is 6.92 Å².